The second-order valence-corrected chi connectivity index (χ2v) is 4.96. The fraction of sp³-hybridized carbons (Fsp3) is 0.250. The van der Waals surface area contributed by atoms with Crippen LogP contribution >= 0.6 is 0 Å². The molecule has 20 heavy (non-hydrogen) atoms. The van der Waals surface area contributed by atoms with E-state index < -0.39 is 0 Å². The number of aryl methyl sites for hydroxylation is 1. The SMILES string of the molecule is CNC(Cn1cnc2ccccc21)c1cnccc1C. The van der Waals surface area contributed by atoms with E-state index in [2.05, 4.69) is 32.8 Å². The Morgan fingerprint density at radius 1 is 1.25 bits per heavy atom. The van der Waals surface area contributed by atoms with Crippen molar-refractivity contribution in [2.45, 2.75) is 19.5 Å². The van der Waals surface area contributed by atoms with Crippen LogP contribution in [0.5, 0.6) is 0 Å². The molecule has 0 fully saturated rings. The molecule has 0 radical (unpaired) electrons. The van der Waals surface area contributed by atoms with E-state index in [1.165, 1.54) is 11.1 Å². The summed E-state index contributed by atoms with van der Waals surface area (Å²) in [6, 6.07) is 10.5. The predicted octanol–water partition coefficient (Wildman–Crippen LogP) is 2.70. The summed E-state index contributed by atoms with van der Waals surface area (Å²) in [4.78, 5) is 8.68. The second-order valence-electron chi connectivity index (χ2n) is 4.96. The third-order valence-corrected chi connectivity index (χ3v) is 3.71. The lowest BCUT2D eigenvalue weighted by Crippen LogP contribution is -2.22. The fourth-order valence-corrected chi connectivity index (χ4v) is 2.54. The third-order valence-electron chi connectivity index (χ3n) is 3.71. The summed E-state index contributed by atoms with van der Waals surface area (Å²) in [7, 11) is 1.98. The van der Waals surface area contributed by atoms with E-state index in [9.17, 15) is 0 Å². The number of imidazole rings is 1. The highest BCUT2D eigenvalue weighted by molar-refractivity contribution is 5.74. The van der Waals surface area contributed by atoms with E-state index in [1.54, 1.807) is 0 Å². The van der Waals surface area contributed by atoms with Crippen molar-refractivity contribution in [3.63, 3.8) is 0 Å². The quantitative estimate of drug-likeness (QED) is 0.789. The van der Waals surface area contributed by atoms with Gasteiger partial charge >= 0.3 is 0 Å². The maximum Gasteiger partial charge on any atom is 0.0958 e. The van der Waals surface area contributed by atoms with E-state index in [0.717, 1.165) is 17.6 Å². The average molecular weight is 266 g/mol. The number of aromatic nitrogens is 3. The molecule has 0 bridgehead atoms. The van der Waals surface area contributed by atoms with Crippen LogP contribution in [0.15, 0.2) is 49.1 Å². The van der Waals surface area contributed by atoms with Crippen molar-refractivity contribution in [2.75, 3.05) is 7.05 Å². The number of nitrogens with one attached hydrogen (secondary N) is 1. The summed E-state index contributed by atoms with van der Waals surface area (Å²) in [5.41, 5.74) is 4.68. The van der Waals surface area contributed by atoms with Crippen molar-refractivity contribution in [3.8, 4) is 0 Å². The van der Waals surface area contributed by atoms with Crippen LogP contribution in [-0.2, 0) is 6.54 Å². The number of para-hydroxylation sites is 2. The summed E-state index contributed by atoms with van der Waals surface area (Å²) in [6.07, 6.45) is 5.68. The number of nitrogens with zero attached hydrogens (tertiary/aromatic N) is 3. The van der Waals surface area contributed by atoms with Gasteiger partial charge in [0, 0.05) is 18.9 Å². The van der Waals surface area contributed by atoms with Crippen LogP contribution in [0.1, 0.15) is 17.2 Å². The molecule has 102 valence electrons. The Kier molecular flexibility index (Phi) is 3.48. The Balaban J connectivity index is 1.94. The van der Waals surface area contributed by atoms with Crippen molar-refractivity contribution in [2.24, 2.45) is 0 Å². The van der Waals surface area contributed by atoms with Crippen molar-refractivity contribution in [1.82, 2.24) is 19.9 Å². The maximum atomic E-state index is 4.44. The van der Waals surface area contributed by atoms with Gasteiger partial charge in [-0.1, -0.05) is 12.1 Å². The van der Waals surface area contributed by atoms with Crippen molar-refractivity contribution >= 4 is 11.0 Å². The first kappa shape index (κ1) is 12.8. The van der Waals surface area contributed by atoms with Gasteiger partial charge in [-0.25, -0.2) is 4.98 Å². The van der Waals surface area contributed by atoms with Gasteiger partial charge in [-0.05, 0) is 43.3 Å². The van der Waals surface area contributed by atoms with Gasteiger partial charge in [0.25, 0.3) is 0 Å². The van der Waals surface area contributed by atoms with Crippen molar-refractivity contribution in [3.05, 3.63) is 60.2 Å². The molecule has 2 heterocycles. The van der Waals surface area contributed by atoms with Gasteiger partial charge in [0.15, 0.2) is 0 Å². The molecule has 1 unspecified atom stereocenters. The molecular weight excluding hydrogens is 248 g/mol. The molecule has 4 heteroatoms. The first-order valence-corrected chi connectivity index (χ1v) is 6.77. The van der Waals surface area contributed by atoms with Crippen LogP contribution in [0.2, 0.25) is 0 Å². The lowest BCUT2D eigenvalue weighted by Gasteiger charge is -2.19. The zero-order valence-electron chi connectivity index (χ0n) is 11.7. The molecule has 3 aromatic rings. The lowest BCUT2D eigenvalue weighted by atomic mass is 10.0. The van der Waals surface area contributed by atoms with Gasteiger partial charge in [-0.15, -0.1) is 0 Å². The molecule has 1 aromatic carbocycles. The van der Waals surface area contributed by atoms with Crippen LogP contribution in [0.25, 0.3) is 11.0 Å². The molecule has 0 aliphatic carbocycles. The molecule has 2 aromatic heterocycles. The number of rotatable bonds is 4. The predicted molar refractivity (Wildman–Crippen MR) is 80.5 cm³/mol. The highest BCUT2D eigenvalue weighted by Crippen LogP contribution is 2.20. The van der Waals surface area contributed by atoms with Crippen molar-refractivity contribution in [1.29, 1.82) is 0 Å². The zero-order chi connectivity index (χ0) is 13.9. The zero-order valence-corrected chi connectivity index (χ0v) is 11.7. The molecule has 0 aliphatic heterocycles. The third kappa shape index (κ3) is 2.30. The summed E-state index contributed by atoms with van der Waals surface area (Å²) in [6.45, 7) is 2.96. The summed E-state index contributed by atoms with van der Waals surface area (Å²) < 4.78 is 2.18. The fourth-order valence-electron chi connectivity index (χ4n) is 2.54. The molecule has 0 spiro atoms. The molecule has 1 N–H and O–H groups in total. The van der Waals surface area contributed by atoms with Crippen LogP contribution in [0.4, 0.5) is 0 Å². The monoisotopic (exact) mass is 266 g/mol. The average Bonchev–Trinajstić information content (AvgIpc) is 2.89. The van der Waals surface area contributed by atoms with Crippen LogP contribution in [0, 0.1) is 6.92 Å². The topological polar surface area (TPSA) is 42.7 Å². The number of fused-ring (bicyclic) bond motifs is 1. The Hall–Kier alpha value is -2.20. The minimum Gasteiger partial charge on any atom is -0.329 e. The minimum atomic E-state index is 0.223. The molecule has 4 nitrogen and oxygen atoms in total. The number of pyridine rings is 1. The summed E-state index contributed by atoms with van der Waals surface area (Å²) >= 11 is 0. The first-order valence-electron chi connectivity index (χ1n) is 6.77. The molecular formula is C16H18N4. The second kappa shape index (κ2) is 5.43. The van der Waals surface area contributed by atoms with E-state index in [1.807, 2.05) is 50.0 Å². The summed E-state index contributed by atoms with van der Waals surface area (Å²) in [5.74, 6) is 0. The van der Waals surface area contributed by atoms with Gasteiger partial charge in [0.05, 0.1) is 23.4 Å². The Labute approximate surface area is 118 Å². The Morgan fingerprint density at radius 3 is 2.90 bits per heavy atom. The van der Waals surface area contributed by atoms with Gasteiger partial charge in [0.1, 0.15) is 0 Å². The number of likely N-dealkylation sites (N-methyl/N-ethyl adjacent to an activating group) is 1. The lowest BCUT2D eigenvalue weighted by molar-refractivity contribution is 0.504. The molecule has 0 saturated heterocycles. The molecule has 0 amide bonds. The highest BCUT2D eigenvalue weighted by Gasteiger charge is 2.14. The Bertz CT molecular complexity index is 717. The van der Waals surface area contributed by atoms with Crippen molar-refractivity contribution < 1.29 is 0 Å². The van der Waals surface area contributed by atoms with Gasteiger partial charge in [0.2, 0.25) is 0 Å². The normalized spacial score (nSPS) is 12.7. The van der Waals surface area contributed by atoms with Crippen LogP contribution in [-0.4, -0.2) is 21.6 Å². The molecule has 0 aliphatic rings. The molecule has 3 rings (SSSR count). The standard InChI is InChI=1S/C16H18N4/c1-12-7-8-18-9-13(12)15(17-2)10-20-11-19-14-5-3-4-6-16(14)20/h3-9,11,15,17H,10H2,1-2H3. The smallest absolute Gasteiger partial charge is 0.0958 e. The Morgan fingerprint density at radius 2 is 2.10 bits per heavy atom. The molecule has 0 saturated carbocycles. The number of benzene rings is 1. The van der Waals surface area contributed by atoms with Crippen LogP contribution in [0.3, 0.4) is 0 Å². The van der Waals surface area contributed by atoms with E-state index in [0.29, 0.717) is 0 Å². The number of hydrogen-bond donors (Lipinski definition) is 1. The van der Waals surface area contributed by atoms with E-state index in [4.69, 9.17) is 0 Å². The first-order chi connectivity index (χ1) is 9.79. The number of hydrogen-bond acceptors (Lipinski definition) is 3. The highest BCUT2D eigenvalue weighted by atomic mass is 15.1. The maximum absolute atomic E-state index is 4.44. The van der Waals surface area contributed by atoms with E-state index >= 15 is 0 Å². The van der Waals surface area contributed by atoms with Gasteiger partial charge < -0.3 is 9.88 Å². The molecule has 1 atom stereocenters. The van der Waals surface area contributed by atoms with Crippen LogP contribution < -0.4 is 5.32 Å². The van der Waals surface area contributed by atoms with Gasteiger partial charge in [-0.3, -0.25) is 4.98 Å². The van der Waals surface area contributed by atoms with Gasteiger partial charge in [-0.2, -0.15) is 0 Å². The largest absolute Gasteiger partial charge is 0.329 e. The summed E-state index contributed by atoms with van der Waals surface area (Å²) in [5, 5.41) is 3.37. The minimum absolute atomic E-state index is 0.223. The van der Waals surface area contributed by atoms with E-state index in [-0.39, 0.29) is 6.04 Å².